The Bertz CT molecular complexity index is 602. The smallest absolute Gasteiger partial charge is 0.359 e. The van der Waals surface area contributed by atoms with E-state index in [0.717, 1.165) is 18.5 Å². The second-order valence-corrected chi connectivity index (χ2v) is 4.71. The average molecular weight is 261 g/mol. The number of nitrogens with zero attached hydrogens (tertiary/aromatic N) is 1. The maximum atomic E-state index is 12.0. The molecule has 0 aliphatic carbocycles. The number of nitrogens with one attached hydrogen (secondary N) is 1. The molecule has 1 saturated heterocycles. The van der Waals surface area contributed by atoms with Crippen molar-refractivity contribution in [3.63, 3.8) is 0 Å². The number of fused-ring (bicyclic) bond motifs is 1. The van der Waals surface area contributed by atoms with Crippen LogP contribution in [0.3, 0.4) is 0 Å². The van der Waals surface area contributed by atoms with Crippen LogP contribution in [-0.4, -0.2) is 36.0 Å². The minimum atomic E-state index is -0.427. The number of carbonyl (C=O) groups excluding carboxylic acids is 1. The molecule has 1 aromatic carbocycles. The van der Waals surface area contributed by atoms with Gasteiger partial charge in [0.05, 0.1) is 18.7 Å². The number of aromatic nitrogens is 2. The fourth-order valence-electron chi connectivity index (χ4n) is 2.16. The standard InChI is InChI=1S/C13H15N3O3/c14-9-1-2-11-10(5-9)12(16-15-11)13(17)19-7-8-3-4-18-6-8/h1-2,5,8H,3-4,6-7,14H2,(H,15,16). The summed E-state index contributed by atoms with van der Waals surface area (Å²) in [6.45, 7) is 1.77. The van der Waals surface area contributed by atoms with Crippen molar-refractivity contribution in [3.8, 4) is 0 Å². The predicted octanol–water partition coefficient (Wildman–Crippen LogP) is 1.34. The van der Waals surface area contributed by atoms with Crippen LogP contribution in [0.1, 0.15) is 16.9 Å². The van der Waals surface area contributed by atoms with Gasteiger partial charge >= 0.3 is 5.97 Å². The monoisotopic (exact) mass is 261 g/mol. The van der Waals surface area contributed by atoms with Crippen molar-refractivity contribution in [2.75, 3.05) is 25.6 Å². The Balaban J connectivity index is 1.75. The second kappa shape index (κ2) is 4.89. The van der Waals surface area contributed by atoms with Gasteiger partial charge in [-0.05, 0) is 24.6 Å². The first-order valence-corrected chi connectivity index (χ1v) is 6.22. The molecule has 3 rings (SSSR count). The lowest BCUT2D eigenvalue weighted by molar-refractivity contribution is 0.0423. The molecule has 1 aromatic heterocycles. The number of H-pyrrole nitrogens is 1. The van der Waals surface area contributed by atoms with E-state index in [1.807, 2.05) is 0 Å². The van der Waals surface area contributed by atoms with Crippen LogP contribution in [0.15, 0.2) is 18.2 Å². The fourth-order valence-corrected chi connectivity index (χ4v) is 2.16. The van der Waals surface area contributed by atoms with Gasteiger partial charge in [-0.1, -0.05) is 0 Å². The molecule has 0 saturated carbocycles. The molecule has 3 N–H and O–H groups in total. The molecule has 1 unspecified atom stereocenters. The van der Waals surface area contributed by atoms with E-state index in [1.165, 1.54) is 0 Å². The van der Waals surface area contributed by atoms with Crippen LogP contribution in [0.4, 0.5) is 5.69 Å². The first-order valence-electron chi connectivity index (χ1n) is 6.22. The Morgan fingerprint density at radius 1 is 1.58 bits per heavy atom. The first-order chi connectivity index (χ1) is 9.24. The summed E-state index contributed by atoms with van der Waals surface area (Å²) in [7, 11) is 0. The highest BCUT2D eigenvalue weighted by Gasteiger charge is 2.20. The molecule has 6 heteroatoms. The number of nitrogens with two attached hydrogens (primary N) is 1. The second-order valence-electron chi connectivity index (χ2n) is 4.71. The number of nitrogen functional groups attached to an aromatic ring is 1. The minimum Gasteiger partial charge on any atom is -0.461 e. The van der Waals surface area contributed by atoms with Crippen LogP contribution in [0.2, 0.25) is 0 Å². The highest BCUT2D eigenvalue weighted by Crippen LogP contribution is 2.20. The Labute approximate surface area is 109 Å². The van der Waals surface area contributed by atoms with Crippen LogP contribution in [-0.2, 0) is 9.47 Å². The zero-order chi connectivity index (χ0) is 13.2. The van der Waals surface area contributed by atoms with Gasteiger partial charge in [0, 0.05) is 23.6 Å². The van der Waals surface area contributed by atoms with E-state index in [0.29, 0.717) is 30.2 Å². The van der Waals surface area contributed by atoms with Gasteiger partial charge in [-0.25, -0.2) is 4.79 Å². The lowest BCUT2D eigenvalue weighted by Crippen LogP contribution is -2.14. The third-order valence-corrected chi connectivity index (χ3v) is 3.25. The first kappa shape index (κ1) is 12.0. The summed E-state index contributed by atoms with van der Waals surface area (Å²) in [6, 6.07) is 5.26. The Hall–Kier alpha value is -2.08. The number of hydrogen-bond acceptors (Lipinski definition) is 5. The number of esters is 1. The quantitative estimate of drug-likeness (QED) is 0.642. The zero-order valence-electron chi connectivity index (χ0n) is 10.4. The summed E-state index contributed by atoms with van der Waals surface area (Å²) in [4.78, 5) is 12.0. The fraction of sp³-hybridized carbons (Fsp3) is 0.385. The molecular weight excluding hydrogens is 246 g/mol. The zero-order valence-corrected chi connectivity index (χ0v) is 10.4. The number of ether oxygens (including phenoxy) is 2. The topological polar surface area (TPSA) is 90.2 Å². The van der Waals surface area contributed by atoms with Crippen molar-refractivity contribution >= 4 is 22.6 Å². The van der Waals surface area contributed by atoms with Gasteiger partial charge in [-0.2, -0.15) is 5.10 Å². The van der Waals surface area contributed by atoms with Gasteiger partial charge in [0.25, 0.3) is 0 Å². The summed E-state index contributed by atoms with van der Waals surface area (Å²) >= 11 is 0. The van der Waals surface area contributed by atoms with Gasteiger partial charge in [-0.15, -0.1) is 0 Å². The third kappa shape index (κ3) is 2.39. The summed E-state index contributed by atoms with van der Waals surface area (Å²) in [5.41, 5.74) is 7.35. The maximum Gasteiger partial charge on any atom is 0.359 e. The molecule has 1 fully saturated rings. The van der Waals surface area contributed by atoms with Crippen LogP contribution < -0.4 is 5.73 Å². The van der Waals surface area contributed by atoms with Crippen LogP contribution in [0.25, 0.3) is 10.9 Å². The molecule has 0 amide bonds. The van der Waals surface area contributed by atoms with E-state index < -0.39 is 5.97 Å². The van der Waals surface area contributed by atoms with Crippen molar-refractivity contribution in [1.29, 1.82) is 0 Å². The van der Waals surface area contributed by atoms with Crippen LogP contribution in [0, 0.1) is 5.92 Å². The van der Waals surface area contributed by atoms with Gasteiger partial charge in [0.15, 0.2) is 5.69 Å². The minimum absolute atomic E-state index is 0.279. The molecule has 1 aliphatic heterocycles. The highest BCUT2D eigenvalue weighted by atomic mass is 16.5. The molecule has 0 spiro atoms. The Morgan fingerprint density at radius 3 is 3.26 bits per heavy atom. The van der Waals surface area contributed by atoms with Gasteiger partial charge in [-0.3, -0.25) is 5.10 Å². The summed E-state index contributed by atoms with van der Waals surface area (Å²) in [6.07, 6.45) is 0.932. The van der Waals surface area contributed by atoms with Crippen molar-refractivity contribution in [2.45, 2.75) is 6.42 Å². The van der Waals surface area contributed by atoms with Crippen molar-refractivity contribution < 1.29 is 14.3 Å². The van der Waals surface area contributed by atoms with Crippen molar-refractivity contribution in [3.05, 3.63) is 23.9 Å². The normalized spacial score (nSPS) is 18.8. The Kier molecular flexibility index (Phi) is 3.08. The third-order valence-electron chi connectivity index (χ3n) is 3.25. The van der Waals surface area contributed by atoms with Gasteiger partial charge < -0.3 is 15.2 Å². The largest absolute Gasteiger partial charge is 0.461 e. The van der Waals surface area contributed by atoms with Crippen molar-refractivity contribution in [1.82, 2.24) is 10.2 Å². The van der Waals surface area contributed by atoms with E-state index >= 15 is 0 Å². The number of hydrogen-bond donors (Lipinski definition) is 2. The number of rotatable bonds is 3. The van der Waals surface area contributed by atoms with E-state index in [4.69, 9.17) is 15.2 Å². The molecule has 2 aromatic rings. The molecule has 1 atom stereocenters. The predicted molar refractivity (Wildman–Crippen MR) is 69.7 cm³/mol. The lowest BCUT2D eigenvalue weighted by Gasteiger charge is -2.07. The SMILES string of the molecule is Nc1ccc2[nH]nc(C(=O)OCC3CCOC3)c2c1. The molecule has 2 heterocycles. The van der Waals surface area contributed by atoms with Crippen molar-refractivity contribution in [2.24, 2.45) is 5.92 Å². The summed E-state index contributed by atoms with van der Waals surface area (Å²) in [5.74, 6) is -0.136. The highest BCUT2D eigenvalue weighted by molar-refractivity contribution is 6.02. The number of anilines is 1. The van der Waals surface area contributed by atoms with E-state index in [9.17, 15) is 4.79 Å². The maximum absolute atomic E-state index is 12.0. The van der Waals surface area contributed by atoms with E-state index in [1.54, 1.807) is 18.2 Å². The molecule has 19 heavy (non-hydrogen) atoms. The summed E-state index contributed by atoms with van der Waals surface area (Å²) in [5, 5.41) is 7.48. The number of aromatic amines is 1. The molecule has 100 valence electrons. The lowest BCUT2D eigenvalue weighted by atomic mass is 10.1. The summed E-state index contributed by atoms with van der Waals surface area (Å²) < 4.78 is 10.5. The van der Waals surface area contributed by atoms with Crippen LogP contribution in [0.5, 0.6) is 0 Å². The van der Waals surface area contributed by atoms with Crippen LogP contribution >= 0.6 is 0 Å². The average Bonchev–Trinajstić information content (AvgIpc) is 3.04. The van der Waals surface area contributed by atoms with E-state index in [-0.39, 0.29) is 5.69 Å². The molecular formula is C13H15N3O3. The number of carbonyl (C=O) groups is 1. The van der Waals surface area contributed by atoms with E-state index in [2.05, 4.69) is 10.2 Å². The molecule has 6 nitrogen and oxygen atoms in total. The Morgan fingerprint density at radius 2 is 2.47 bits per heavy atom. The molecule has 0 radical (unpaired) electrons. The molecule has 0 bridgehead atoms. The number of benzene rings is 1. The van der Waals surface area contributed by atoms with Gasteiger partial charge in [0.2, 0.25) is 0 Å². The molecule has 1 aliphatic rings. The van der Waals surface area contributed by atoms with Gasteiger partial charge in [0.1, 0.15) is 0 Å².